The van der Waals surface area contributed by atoms with Gasteiger partial charge in [0.25, 0.3) is 5.91 Å². The lowest BCUT2D eigenvalue weighted by Gasteiger charge is -2.06. The number of carbonyl (C=O) groups excluding carboxylic acids is 2. The Labute approximate surface area is 177 Å². The van der Waals surface area contributed by atoms with Crippen molar-refractivity contribution in [1.82, 2.24) is 4.57 Å². The second-order valence-electron chi connectivity index (χ2n) is 7.30. The fourth-order valence-corrected chi connectivity index (χ4v) is 4.35. The second-order valence-corrected chi connectivity index (χ2v) is 8.31. The molecule has 3 aromatic rings. The summed E-state index contributed by atoms with van der Waals surface area (Å²) in [5.74, 6) is 0.975. The molecule has 1 aliphatic rings. The first-order chi connectivity index (χ1) is 14.4. The summed E-state index contributed by atoms with van der Waals surface area (Å²) >= 11 is 1.39. The monoisotopic (exact) mass is 426 g/mol. The van der Waals surface area contributed by atoms with Gasteiger partial charge in [-0.1, -0.05) is 37.3 Å². The average molecular weight is 426 g/mol. The average Bonchev–Trinajstić information content (AvgIpc) is 3.31. The topological polar surface area (TPSA) is 79.1 Å². The van der Waals surface area contributed by atoms with E-state index in [0.717, 1.165) is 15.8 Å². The number of esters is 1. The number of carbonyl (C=O) groups is 2. The third kappa shape index (κ3) is 4.09. The smallest absolute Gasteiger partial charge is 0.325 e. The van der Waals surface area contributed by atoms with E-state index in [2.05, 4.69) is 24.9 Å². The normalized spacial score (nSPS) is 13.3. The molecule has 1 amide bonds. The van der Waals surface area contributed by atoms with E-state index >= 15 is 0 Å². The van der Waals surface area contributed by atoms with Crippen LogP contribution in [0, 0.1) is 0 Å². The van der Waals surface area contributed by atoms with Gasteiger partial charge in [-0.2, -0.15) is 4.99 Å². The van der Waals surface area contributed by atoms with Crippen LogP contribution in [-0.4, -0.2) is 30.3 Å². The van der Waals surface area contributed by atoms with E-state index in [1.54, 1.807) is 16.7 Å². The molecule has 0 saturated carbocycles. The Morgan fingerprint density at radius 3 is 2.73 bits per heavy atom. The van der Waals surface area contributed by atoms with E-state index in [1.165, 1.54) is 24.0 Å². The van der Waals surface area contributed by atoms with Crippen molar-refractivity contribution in [1.29, 1.82) is 0 Å². The van der Waals surface area contributed by atoms with Crippen molar-refractivity contribution >= 4 is 33.4 Å². The molecular weight excluding hydrogens is 404 g/mol. The van der Waals surface area contributed by atoms with Gasteiger partial charge < -0.3 is 18.8 Å². The van der Waals surface area contributed by atoms with Gasteiger partial charge >= 0.3 is 5.97 Å². The Balaban J connectivity index is 1.70. The quantitative estimate of drug-likeness (QED) is 0.585. The van der Waals surface area contributed by atoms with Gasteiger partial charge in [0.15, 0.2) is 16.3 Å². The first-order valence-electron chi connectivity index (χ1n) is 9.61. The molecule has 0 radical (unpaired) electrons. The lowest BCUT2D eigenvalue weighted by Crippen LogP contribution is -2.22. The SMILES string of the molecule is COC(=O)Cn1c(=NC(=O)Cc2ccc3c(c2)OCO3)sc2cc(C(C)C)ccc21. The summed E-state index contributed by atoms with van der Waals surface area (Å²) in [6.45, 7) is 4.42. The minimum atomic E-state index is -0.396. The maximum Gasteiger partial charge on any atom is 0.325 e. The highest BCUT2D eigenvalue weighted by molar-refractivity contribution is 7.16. The van der Waals surface area contributed by atoms with Crippen LogP contribution >= 0.6 is 11.3 Å². The van der Waals surface area contributed by atoms with Gasteiger partial charge in [-0.25, -0.2) is 0 Å². The Bertz CT molecular complexity index is 1190. The molecule has 30 heavy (non-hydrogen) atoms. The molecule has 1 aromatic heterocycles. The van der Waals surface area contributed by atoms with Gasteiger partial charge in [0.1, 0.15) is 6.54 Å². The first kappa shape index (κ1) is 20.2. The van der Waals surface area contributed by atoms with Gasteiger partial charge in [0.2, 0.25) is 6.79 Å². The third-order valence-corrected chi connectivity index (χ3v) is 5.94. The Hall–Kier alpha value is -3.13. The van der Waals surface area contributed by atoms with Gasteiger partial charge in [0, 0.05) is 0 Å². The van der Waals surface area contributed by atoms with Crippen molar-refractivity contribution < 1.29 is 23.8 Å². The van der Waals surface area contributed by atoms with Crippen molar-refractivity contribution in [2.75, 3.05) is 13.9 Å². The molecule has 2 heterocycles. The van der Waals surface area contributed by atoms with Crippen LogP contribution in [0.1, 0.15) is 30.9 Å². The molecule has 0 N–H and O–H groups in total. The number of rotatable bonds is 5. The van der Waals surface area contributed by atoms with Crippen molar-refractivity contribution in [3.63, 3.8) is 0 Å². The number of hydrogen-bond donors (Lipinski definition) is 0. The van der Waals surface area contributed by atoms with Gasteiger partial charge in [-0.15, -0.1) is 0 Å². The summed E-state index contributed by atoms with van der Waals surface area (Å²) in [7, 11) is 1.34. The number of thiazole rings is 1. The van der Waals surface area contributed by atoms with E-state index in [4.69, 9.17) is 14.2 Å². The van der Waals surface area contributed by atoms with E-state index in [1.807, 2.05) is 18.2 Å². The summed E-state index contributed by atoms with van der Waals surface area (Å²) in [6.07, 6.45) is 0.125. The lowest BCUT2D eigenvalue weighted by atomic mass is 10.0. The molecule has 0 bridgehead atoms. The molecule has 8 heteroatoms. The number of hydrogen-bond acceptors (Lipinski definition) is 6. The molecule has 0 atom stereocenters. The highest BCUT2D eigenvalue weighted by Gasteiger charge is 2.16. The van der Waals surface area contributed by atoms with E-state index < -0.39 is 5.97 Å². The van der Waals surface area contributed by atoms with Crippen LogP contribution in [-0.2, 0) is 27.3 Å². The Morgan fingerprint density at radius 1 is 1.17 bits per heavy atom. The van der Waals surface area contributed by atoms with Crippen LogP contribution in [0.2, 0.25) is 0 Å². The van der Waals surface area contributed by atoms with Gasteiger partial charge in [0.05, 0.1) is 23.7 Å². The highest BCUT2D eigenvalue weighted by Crippen LogP contribution is 2.32. The van der Waals surface area contributed by atoms with Crippen molar-refractivity contribution in [3.8, 4) is 11.5 Å². The summed E-state index contributed by atoms with van der Waals surface area (Å²) in [5.41, 5.74) is 2.83. The Kier molecular flexibility index (Phi) is 5.59. The number of aromatic nitrogens is 1. The second kappa shape index (κ2) is 8.31. The molecule has 0 saturated heterocycles. The summed E-state index contributed by atoms with van der Waals surface area (Å²) < 4.78 is 18.2. The van der Waals surface area contributed by atoms with Crippen LogP contribution < -0.4 is 14.3 Å². The molecule has 0 unspecified atom stereocenters. The van der Waals surface area contributed by atoms with Crippen LogP contribution in [0.25, 0.3) is 10.2 Å². The van der Waals surface area contributed by atoms with Crippen LogP contribution in [0.3, 0.4) is 0 Å². The zero-order valence-electron chi connectivity index (χ0n) is 17.0. The molecule has 156 valence electrons. The molecule has 0 fully saturated rings. The number of amides is 1. The molecule has 2 aromatic carbocycles. The van der Waals surface area contributed by atoms with Crippen LogP contribution in [0.4, 0.5) is 0 Å². The van der Waals surface area contributed by atoms with E-state index in [0.29, 0.717) is 22.2 Å². The molecule has 7 nitrogen and oxygen atoms in total. The minimum absolute atomic E-state index is 0.00629. The predicted molar refractivity (Wildman–Crippen MR) is 113 cm³/mol. The van der Waals surface area contributed by atoms with Crippen molar-refractivity contribution in [3.05, 3.63) is 52.3 Å². The zero-order valence-corrected chi connectivity index (χ0v) is 17.8. The summed E-state index contributed by atoms with van der Waals surface area (Å²) in [5, 5.41) is 0. The number of nitrogens with zero attached hydrogens (tertiary/aromatic N) is 2. The van der Waals surface area contributed by atoms with Crippen LogP contribution in [0.15, 0.2) is 41.4 Å². The van der Waals surface area contributed by atoms with E-state index in [-0.39, 0.29) is 25.7 Å². The number of benzene rings is 2. The third-order valence-electron chi connectivity index (χ3n) is 4.90. The molecule has 0 aliphatic carbocycles. The molecular formula is C22H22N2O5S. The predicted octanol–water partition coefficient (Wildman–Crippen LogP) is 3.40. The maximum atomic E-state index is 12.7. The maximum absolute atomic E-state index is 12.7. The zero-order chi connectivity index (χ0) is 21.3. The lowest BCUT2D eigenvalue weighted by molar-refractivity contribution is -0.141. The van der Waals surface area contributed by atoms with Gasteiger partial charge in [-0.05, 0) is 41.3 Å². The fraction of sp³-hybridized carbons (Fsp3) is 0.318. The molecule has 1 aliphatic heterocycles. The number of methoxy groups -OCH3 is 1. The largest absolute Gasteiger partial charge is 0.468 e. The Morgan fingerprint density at radius 2 is 1.97 bits per heavy atom. The highest BCUT2D eigenvalue weighted by atomic mass is 32.1. The molecule has 4 rings (SSSR count). The first-order valence-corrected chi connectivity index (χ1v) is 10.4. The standard InChI is InChI=1S/C22H22N2O5S/c1-13(2)15-5-6-16-19(10-15)30-22(24(16)11-21(26)27-3)23-20(25)9-14-4-7-17-18(8-14)29-12-28-17/h4-8,10,13H,9,11-12H2,1-3H3. The minimum Gasteiger partial charge on any atom is -0.468 e. The number of fused-ring (bicyclic) bond motifs is 2. The molecule has 0 spiro atoms. The number of ether oxygens (including phenoxy) is 3. The van der Waals surface area contributed by atoms with Crippen molar-refractivity contribution in [2.45, 2.75) is 32.7 Å². The van der Waals surface area contributed by atoms with Crippen LogP contribution in [0.5, 0.6) is 11.5 Å². The van der Waals surface area contributed by atoms with Gasteiger partial charge in [-0.3, -0.25) is 9.59 Å². The summed E-state index contributed by atoms with van der Waals surface area (Å²) in [4.78, 5) is 29.4. The fourth-order valence-electron chi connectivity index (χ4n) is 3.25. The summed E-state index contributed by atoms with van der Waals surface area (Å²) in [6, 6.07) is 11.5. The van der Waals surface area contributed by atoms with Crippen molar-refractivity contribution in [2.24, 2.45) is 4.99 Å². The van der Waals surface area contributed by atoms with E-state index in [9.17, 15) is 9.59 Å².